The Morgan fingerprint density at radius 1 is 1.24 bits per heavy atom. The van der Waals surface area contributed by atoms with Crippen LogP contribution in [0.25, 0.3) is 0 Å². The first kappa shape index (κ1) is 15.2. The van der Waals surface area contributed by atoms with Crippen molar-refractivity contribution in [2.45, 2.75) is 12.7 Å². The van der Waals surface area contributed by atoms with Crippen molar-refractivity contribution in [2.24, 2.45) is 5.73 Å². The maximum absolute atomic E-state index is 12.6. The molecule has 0 aliphatic carbocycles. The van der Waals surface area contributed by atoms with E-state index in [1.165, 1.54) is 18.5 Å². The highest BCUT2D eigenvalue weighted by molar-refractivity contribution is 7.80. The van der Waals surface area contributed by atoms with Gasteiger partial charge in [-0.1, -0.05) is 24.4 Å². The lowest BCUT2D eigenvalue weighted by Gasteiger charge is -2.11. The molecule has 2 aromatic rings. The summed E-state index contributed by atoms with van der Waals surface area (Å²) >= 11 is 4.84. The quantitative estimate of drug-likeness (QED) is 0.850. The second-order valence-electron chi connectivity index (χ2n) is 4.17. The number of nitrogens with two attached hydrogens (primary N) is 1. The first-order chi connectivity index (χ1) is 9.88. The fraction of sp³-hybridized carbons (Fsp3) is 0.154. The van der Waals surface area contributed by atoms with Crippen molar-refractivity contribution in [1.82, 2.24) is 9.97 Å². The number of alkyl halides is 3. The Labute approximate surface area is 124 Å². The zero-order valence-corrected chi connectivity index (χ0v) is 11.5. The van der Waals surface area contributed by atoms with Gasteiger partial charge in [0.1, 0.15) is 10.7 Å². The Bertz CT molecular complexity index is 658. The van der Waals surface area contributed by atoms with Crippen LogP contribution in [0.2, 0.25) is 0 Å². The van der Waals surface area contributed by atoms with Crippen molar-refractivity contribution in [3.63, 3.8) is 0 Å². The van der Waals surface area contributed by atoms with Crippen LogP contribution in [0.5, 0.6) is 0 Å². The monoisotopic (exact) mass is 312 g/mol. The number of aromatic nitrogens is 2. The lowest BCUT2D eigenvalue weighted by atomic mass is 10.1. The second-order valence-corrected chi connectivity index (χ2v) is 4.61. The zero-order chi connectivity index (χ0) is 15.5. The van der Waals surface area contributed by atoms with Gasteiger partial charge in [-0.15, -0.1) is 0 Å². The lowest BCUT2D eigenvalue weighted by molar-refractivity contribution is -0.137. The maximum atomic E-state index is 12.6. The van der Waals surface area contributed by atoms with Gasteiger partial charge in [0, 0.05) is 18.9 Å². The first-order valence-electron chi connectivity index (χ1n) is 5.89. The summed E-state index contributed by atoms with van der Waals surface area (Å²) in [6, 6.07) is 5.03. The molecule has 8 heteroatoms. The third-order valence-electron chi connectivity index (χ3n) is 2.65. The van der Waals surface area contributed by atoms with Gasteiger partial charge in [0.15, 0.2) is 5.82 Å². The molecular formula is C13H11F3N4S. The number of anilines is 1. The lowest BCUT2D eigenvalue weighted by Crippen LogP contribution is -2.16. The van der Waals surface area contributed by atoms with Crippen molar-refractivity contribution in [3.8, 4) is 0 Å². The summed E-state index contributed by atoms with van der Waals surface area (Å²) in [5.41, 5.74) is 5.57. The number of nitrogens with zero attached hydrogens (tertiary/aromatic N) is 2. The predicted molar refractivity (Wildman–Crippen MR) is 76.7 cm³/mol. The smallest absolute Gasteiger partial charge is 0.388 e. The van der Waals surface area contributed by atoms with E-state index in [0.29, 0.717) is 17.1 Å². The fourth-order valence-corrected chi connectivity index (χ4v) is 1.84. The highest BCUT2D eigenvalue weighted by Crippen LogP contribution is 2.29. The highest BCUT2D eigenvalue weighted by atomic mass is 32.1. The largest absolute Gasteiger partial charge is 0.416 e. The molecule has 0 fully saturated rings. The number of benzene rings is 1. The molecule has 0 amide bonds. The minimum atomic E-state index is -4.37. The van der Waals surface area contributed by atoms with Crippen LogP contribution in [0.3, 0.4) is 0 Å². The van der Waals surface area contributed by atoms with Crippen molar-refractivity contribution in [1.29, 1.82) is 0 Å². The van der Waals surface area contributed by atoms with Gasteiger partial charge in [-0.2, -0.15) is 13.2 Å². The molecule has 110 valence electrons. The molecular weight excluding hydrogens is 301 g/mol. The molecule has 0 unspecified atom stereocenters. The van der Waals surface area contributed by atoms with Gasteiger partial charge in [0.05, 0.1) is 5.56 Å². The van der Waals surface area contributed by atoms with Crippen molar-refractivity contribution >= 4 is 23.0 Å². The van der Waals surface area contributed by atoms with E-state index in [0.717, 1.165) is 12.1 Å². The van der Waals surface area contributed by atoms with Crippen LogP contribution in [0.1, 0.15) is 16.8 Å². The molecule has 0 atom stereocenters. The summed E-state index contributed by atoms with van der Waals surface area (Å²) < 4.78 is 37.9. The minimum Gasteiger partial charge on any atom is -0.388 e. The Kier molecular flexibility index (Phi) is 4.37. The molecule has 1 aromatic heterocycles. The van der Waals surface area contributed by atoms with E-state index in [-0.39, 0.29) is 11.5 Å². The van der Waals surface area contributed by atoms with Crippen LogP contribution in [-0.4, -0.2) is 15.0 Å². The predicted octanol–water partition coefficient (Wildman–Crippen LogP) is 2.74. The molecule has 1 heterocycles. The molecule has 1 aromatic carbocycles. The molecule has 21 heavy (non-hydrogen) atoms. The topological polar surface area (TPSA) is 63.8 Å². The fourth-order valence-electron chi connectivity index (χ4n) is 1.69. The Balaban J connectivity index is 2.16. The molecule has 0 spiro atoms. The summed E-state index contributed by atoms with van der Waals surface area (Å²) in [6.45, 7) is 0.151. The van der Waals surface area contributed by atoms with Crippen LogP contribution >= 0.6 is 12.2 Å². The third-order valence-corrected chi connectivity index (χ3v) is 2.84. The van der Waals surface area contributed by atoms with Crippen LogP contribution in [0.15, 0.2) is 36.7 Å². The van der Waals surface area contributed by atoms with Crippen molar-refractivity contribution in [2.75, 3.05) is 5.32 Å². The highest BCUT2D eigenvalue weighted by Gasteiger charge is 2.30. The van der Waals surface area contributed by atoms with Crippen LogP contribution in [0, 0.1) is 0 Å². The van der Waals surface area contributed by atoms with E-state index < -0.39 is 11.7 Å². The Morgan fingerprint density at radius 3 is 2.62 bits per heavy atom. The maximum Gasteiger partial charge on any atom is 0.416 e. The molecule has 0 saturated carbocycles. The molecule has 0 bridgehead atoms. The van der Waals surface area contributed by atoms with E-state index in [2.05, 4.69) is 15.3 Å². The average Bonchev–Trinajstić information content (AvgIpc) is 2.45. The van der Waals surface area contributed by atoms with Gasteiger partial charge in [-0.25, -0.2) is 9.97 Å². The second kappa shape index (κ2) is 6.04. The van der Waals surface area contributed by atoms with E-state index >= 15 is 0 Å². The first-order valence-corrected chi connectivity index (χ1v) is 6.29. The van der Waals surface area contributed by atoms with Crippen molar-refractivity contribution in [3.05, 3.63) is 53.5 Å². The molecule has 0 aliphatic rings. The number of halogens is 3. The van der Waals surface area contributed by atoms with Gasteiger partial charge in [0.2, 0.25) is 0 Å². The SMILES string of the molecule is NC(=S)c1nccnc1NCc1cccc(C(F)(F)F)c1. The number of nitrogens with one attached hydrogen (secondary N) is 1. The zero-order valence-electron chi connectivity index (χ0n) is 10.7. The van der Waals surface area contributed by atoms with Gasteiger partial charge in [-0.05, 0) is 17.7 Å². The summed E-state index contributed by atoms with van der Waals surface area (Å²) in [6.07, 6.45) is -1.49. The summed E-state index contributed by atoms with van der Waals surface area (Å²) in [5, 5.41) is 2.88. The van der Waals surface area contributed by atoms with Crippen LogP contribution in [0.4, 0.5) is 19.0 Å². The van der Waals surface area contributed by atoms with E-state index in [1.807, 2.05) is 0 Å². The van der Waals surface area contributed by atoms with E-state index in [9.17, 15) is 13.2 Å². The summed E-state index contributed by atoms with van der Waals surface area (Å²) in [7, 11) is 0. The number of hydrogen-bond donors (Lipinski definition) is 2. The minimum absolute atomic E-state index is 0.0645. The summed E-state index contributed by atoms with van der Waals surface area (Å²) in [5.74, 6) is 0.336. The average molecular weight is 312 g/mol. The van der Waals surface area contributed by atoms with Crippen LogP contribution < -0.4 is 11.1 Å². The standard InChI is InChI=1S/C13H11F3N4S/c14-13(15,16)9-3-1-2-8(6-9)7-20-12-10(11(17)21)18-4-5-19-12/h1-6H,7H2,(H2,17,21)(H,19,20). The van der Waals surface area contributed by atoms with Crippen LogP contribution in [-0.2, 0) is 12.7 Å². The van der Waals surface area contributed by atoms with Gasteiger partial charge in [-0.3, -0.25) is 0 Å². The normalized spacial score (nSPS) is 11.2. The summed E-state index contributed by atoms with van der Waals surface area (Å²) in [4.78, 5) is 8.06. The number of thiocarbonyl (C=S) groups is 1. The Morgan fingerprint density at radius 2 is 1.95 bits per heavy atom. The molecule has 0 aliphatic heterocycles. The Hall–Kier alpha value is -2.22. The van der Waals surface area contributed by atoms with E-state index in [4.69, 9.17) is 18.0 Å². The van der Waals surface area contributed by atoms with Gasteiger partial charge >= 0.3 is 6.18 Å². The molecule has 2 rings (SSSR count). The van der Waals surface area contributed by atoms with Gasteiger partial charge < -0.3 is 11.1 Å². The molecule has 4 nitrogen and oxygen atoms in total. The molecule has 0 saturated heterocycles. The molecule has 3 N–H and O–H groups in total. The molecule has 0 radical (unpaired) electrons. The number of rotatable bonds is 4. The third kappa shape index (κ3) is 3.88. The number of hydrogen-bond acceptors (Lipinski definition) is 4. The van der Waals surface area contributed by atoms with Gasteiger partial charge in [0.25, 0.3) is 0 Å². The van der Waals surface area contributed by atoms with Crippen molar-refractivity contribution < 1.29 is 13.2 Å². The van der Waals surface area contributed by atoms with E-state index in [1.54, 1.807) is 6.07 Å².